The van der Waals surface area contributed by atoms with Crippen molar-refractivity contribution in [3.8, 4) is 6.07 Å². The van der Waals surface area contributed by atoms with E-state index >= 15 is 0 Å². The minimum Gasteiger partial charge on any atom is -0.341 e. The highest BCUT2D eigenvalue weighted by Crippen LogP contribution is 2.44. The molecule has 82 valence electrons. The molecule has 0 N–H and O–H groups in total. The van der Waals surface area contributed by atoms with Gasteiger partial charge in [-0.3, -0.25) is 0 Å². The quantitative estimate of drug-likeness (QED) is 0.678. The van der Waals surface area contributed by atoms with Crippen molar-refractivity contribution in [2.24, 2.45) is 0 Å². The summed E-state index contributed by atoms with van der Waals surface area (Å²) >= 11 is 0. The van der Waals surface area contributed by atoms with Gasteiger partial charge in [0.05, 0.1) is 0 Å². The van der Waals surface area contributed by atoms with Gasteiger partial charge in [-0.2, -0.15) is 22.8 Å². The summed E-state index contributed by atoms with van der Waals surface area (Å²) in [5, 5.41) is 7.76. The maximum absolute atomic E-state index is 12.9. The fourth-order valence-corrected chi connectivity index (χ4v) is 0.712. The average Bonchev–Trinajstić information content (AvgIpc) is 2.03. The van der Waals surface area contributed by atoms with Crippen LogP contribution >= 0.6 is 0 Å². The third-order valence-corrected chi connectivity index (χ3v) is 1.51. The second-order valence-electron chi connectivity index (χ2n) is 2.61. The molecule has 1 unspecified atom stereocenters. The molecule has 0 aromatic heterocycles. The summed E-state index contributed by atoms with van der Waals surface area (Å²) in [6.45, 7) is 0.810. The maximum atomic E-state index is 12.9. The molecular weight excluding hydrogens is 209 g/mol. The van der Waals surface area contributed by atoms with Gasteiger partial charge >= 0.3 is 11.8 Å². The van der Waals surface area contributed by atoms with Gasteiger partial charge in [0.15, 0.2) is 0 Å². The van der Waals surface area contributed by atoms with Gasteiger partial charge in [-0.05, 0) is 6.92 Å². The van der Waals surface area contributed by atoms with Gasteiger partial charge in [-0.15, -0.1) is 0 Å². The van der Waals surface area contributed by atoms with Gasteiger partial charge in [0, 0.05) is 13.5 Å². The highest BCUT2D eigenvalue weighted by molar-refractivity contribution is 5.07. The molecule has 0 aliphatic carbocycles. The first-order chi connectivity index (χ1) is 6.12. The number of hydrogen-bond acceptors (Lipinski definition) is 2. The molecule has 0 aliphatic heterocycles. The molecular formula is C7H8F5NO. The average molecular weight is 217 g/mol. The zero-order valence-electron chi connectivity index (χ0n) is 7.45. The Balaban J connectivity index is 5.05. The maximum Gasteiger partial charge on any atom is 0.399 e. The van der Waals surface area contributed by atoms with E-state index in [9.17, 15) is 22.0 Å². The second-order valence-corrected chi connectivity index (χ2v) is 2.61. The van der Waals surface area contributed by atoms with Crippen molar-refractivity contribution in [2.45, 2.75) is 31.5 Å². The van der Waals surface area contributed by atoms with Gasteiger partial charge < -0.3 is 4.74 Å². The Morgan fingerprint density at radius 2 is 1.64 bits per heavy atom. The first kappa shape index (κ1) is 13.1. The summed E-state index contributed by atoms with van der Waals surface area (Å²) in [6.07, 6.45) is 0. The lowest BCUT2D eigenvalue weighted by Crippen LogP contribution is -2.55. The van der Waals surface area contributed by atoms with Gasteiger partial charge in [-0.25, -0.2) is 4.39 Å². The van der Waals surface area contributed by atoms with Crippen LogP contribution in [-0.2, 0) is 4.74 Å². The van der Waals surface area contributed by atoms with Crippen LogP contribution in [0.25, 0.3) is 0 Å². The number of nitrogens with zero attached hydrogens (tertiary/aromatic N) is 1. The van der Waals surface area contributed by atoms with Crippen LogP contribution in [0.1, 0.15) is 13.8 Å². The Kier molecular flexibility index (Phi) is 3.45. The van der Waals surface area contributed by atoms with Crippen molar-refractivity contribution < 1.29 is 26.7 Å². The predicted molar refractivity (Wildman–Crippen MR) is 36.6 cm³/mol. The molecule has 0 aromatic rings. The lowest BCUT2D eigenvalue weighted by atomic mass is 10.1. The van der Waals surface area contributed by atoms with Crippen LogP contribution in [0.4, 0.5) is 22.0 Å². The third-order valence-electron chi connectivity index (χ3n) is 1.51. The Morgan fingerprint density at radius 3 is 1.93 bits per heavy atom. The molecule has 0 spiro atoms. The summed E-state index contributed by atoms with van der Waals surface area (Å²) in [7, 11) is 0. The fourth-order valence-electron chi connectivity index (χ4n) is 0.712. The van der Waals surface area contributed by atoms with E-state index in [1.54, 1.807) is 0 Å². The van der Waals surface area contributed by atoms with E-state index in [0.717, 1.165) is 0 Å². The monoisotopic (exact) mass is 217 g/mol. The summed E-state index contributed by atoms with van der Waals surface area (Å²) < 4.78 is 66.8. The van der Waals surface area contributed by atoms with E-state index < -0.39 is 24.3 Å². The van der Waals surface area contributed by atoms with Crippen LogP contribution in [0.3, 0.4) is 0 Å². The topological polar surface area (TPSA) is 33.0 Å². The predicted octanol–water partition coefficient (Wildman–Crippen LogP) is 2.50. The Morgan fingerprint density at radius 1 is 1.21 bits per heavy atom. The molecule has 0 bridgehead atoms. The highest BCUT2D eigenvalue weighted by atomic mass is 19.3. The van der Waals surface area contributed by atoms with Gasteiger partial charge in [0.25, 0.3) is 5.85 Å². The molecule has 0 radical (unpaired) electrons. The minimum absolute atomic E-state index is 0.0428. The van der Waals surface area contributed by atoms with Crippen LogP contribution < -0.4 is 0 Å². The number of hydrogen-bond donors (Lipinski definition) is 0. The molecule has 1 atom stereocenters. The largest absolute Gasteiger partial charge is 0.399 e. The summed E-state index contributed by atoms with van der Waals surface area (Å²) in [6, 6.07) is 0.0428. The molecule has 0 amide bonds. The summed E-state index contributed by atoms with van der Waals surface area (Å²) in [5.74, 6) is -14.2. The zero-order valence-corrected chi connectivity index (χ0v) is 7.45. The van der Waals surface area contributed by atoms with Crippen molar-refractivity contribution in [1.82, 2.24) is 0 Å². The SMILES string of the molecule is CCOC(C)(F)C(F)(F)C(F)(F)C#N. The standard InChI is InChI=1S/C7H8F5NO/c1-3-14-5(2,8)7(11,12)6(9,10)4-13/h3H2,1-2H3. The minimum atomic E-state index is -5.19. The zero-order chi connectivity index (χ0) is 11.6. The van der Waals surface area contributed by atoms with E-state index in [1.165, 1.54) is 6.92 Å². The summed E-state index contributed by atoms with van der Waals surface area (Å²) in [4.78, 5) is 0. The van der Waals surface area contributed by atoms with Crippen LogP contribution in [-0.4, -0.2) is 24.3 Å². The van der Waals surface area contributed by atoms with E-state index in [0.29, 0.717) is 0 Å². The number of halogens is 5. The van der Waals surface area contributed by atoms with Crippen molar-refractivity contribution in [2.75, 3.05) is 6.61 Å². The molecule has 0 saturated carbocycles. The molecule has 2 nitrogen and oxygen atoms in total. The van der Waals surface area contributed by atoms with E-state index in [2.05, 4.69) is 4.74 Å². The molecule has 0 heterocycles. The van der Waals surface area contributed by atoms with E-state index in [-0.39, 0.29) is 13.0 Å². The van der Waals surface area contributed by atoms with Gasteiger partial charge in [-0.1, -0.05) is 0 Å². The lowest BCUT2D eigenvalue weighted by molar-refractivity contribution is -0.324. The highest BCUT2D eigenvalue weighted by Gasteiger charge is 2.69. The normalized spacial score (nSPS) is 17.3. The van der Waals surface area contributed by atoms with Crippen molar-refractivity contribution in [3.05, 3.63) is 0 Å². The Labute approximate surface area is 77.3 Å². The van der Waals surface area contributed by atoms with Crippen LogP contribution in [0.5, 0.6) is 0 Å². The fraction of sp³-hybridized carbons (Fsp3) is 0.857. The number of nitriles is 1. The van der Waals surface area contributed by atoms with Gasteiger partial charge in [0.2, 0.25) is 0 Å². The van der Waals surface area contributed by atoms with E-state index in [4.69, 9.17) is 5.26 Å². The van der Waals surface area contributed by atoms with Crippen molar-refractivity contribution in [1.29, 1.82) is 5.26 Å². The van der Waals surface area contributed by atoms with Crippen molar-refractivity contribution in [3.63, 3.8) is 0 Å². The first-order valence-corrected chi connectivity index (χ1v) is 3.62. The molecule has 0 rings (SSSR count). The number of ether oxygens (including phenoxy) is 1. The van der Waals surface area contributed by atoms with E-state index in [1.807, 2.05) is 0 Å². The second kappa shape index (κ2) is 3.69. The molecule has 0 fully saturated rings. The molecule has 14 heavy (non-hydrogen) atoms. The Hall–Kier alpha value is -0.900. The smallest absolute Gasteiger partial charge is 0.341 e. The van der Waals surface area contributed by atoms with Crippen LogP contribution in [0.15, 0.2) is 0 Å². The molecule has 0 aromatic carbocycles. The molecule has 7 heteroatoms. The first-order valence-electron chi connectivity index (χ1n) is 3.62. The molecule has 0 aliphatic rings. The van der Waals surface area contributed by atoms with Crippen LogP contribution in [0, 0.1) is 11.3 Å². The number of alkyl halides is 5. The molecule has 0 saturated heterocycles. The Bertz CT molecular complexity index is 245. The number of rotatable bonds is 4. The van der Waals surface area contributed by atoms with Crippen molar-refractivity contribution >= 4 is 0 Å². The lowest BCUT2D eigenvalue weighted by Gasteiger charge is -2.31. The third kappa shape index (κ3) is 1.95. The van der Waals surface area contributed by atoms with Crippen LogP contribution in [0.2, 0.25) is 0 Å². The summed E-state index contributed by atoms with van der Waals surface area (Å²) in [5.41, 5.74) is 0. The van der Waals surface area contributed by atoms with Gasteiger partial charge in [0.1, 0.15) is 6.07 Å².